The summed E-state index contributed by atoms with van der Waals surface area (Å²) in [5, 5.41) is 10.5. The van der Waals surface area contributed by atoms with Crippen molar-refractivity contribution in [2.24, 2.45) is 0 Å². The van der Waals surface area contributed by atoms with Crippen molar-refractivity contribution >= 4 is 0 Å². The Labute approximate surface area is 165 Å². The molecule has 1 aromatic carbocycles. The lowest BCUT2D eigenvalue weighted by molar-refractivity contribution is -0.0900. The second-order valence-corrected chi connectivity index (χ2v) is 8.69. The van der Waals surface area contributed by atoms with Crippen LogP contribution < -0.4 is 0 Å². The molecule has 0 bridgehead atoms. The lowest BCUT2D eigenvalue weighted by Gasteiger charge is -2.37. The summed E-state index contributed by atoms with van der Waals surface area (Å²) in [7, 11) is 0. The fraction of sp³-hybridized carbons (Fsp3) is 0.750. The van der Waals surface area contributed by atoms with E-state index in [0.29, 0.717) is 19.0 Å². The lowest BCUT2D eigenvalue weighted by Crippen LogP contribution is -2.35. The Morgan fingerprint density at radius 3 is 1.81 bits per heavy atom. The van der Waals surface area contributed by atoms with Crippen molar-refractivity contribution in [1.29, 1.82) is 0 Å². The van der Waals surface area contributed by atoms with Gasteiger partial charge in [-0.15, -0.1) is 0 Å². The predicted octanol–water partition coefficient (Wildman–Crippen LogP) is 6.65. The number of hydrogen-bond acceptors (Lipinski definition) is 3. The zero-order chi connectivity index (χ0) is 19.2. The van der Waals surface area contributed by atoms with E-state index in [2.05, 4.69) is 19.9 Å². The standard InChI is InChI=1S/C24H38O3/c1-3-23(14-7-5-8-15-23)26-18-20-12-11-13-22(25)21(20)19-27-24(4-2)16-9-6-10-17-24/h11-13,25H,3-10,14-19H2,1-2H3. The van der Waals surface area contributed by atoms with E-state index in [9.17, 15) is 5.11 Å². The van der Waals surface area contributed by atoms with Crippen LogP contribution in [0.3, 0.4) is 0 Å². The quantitative estimate of drug-likeness (QED) is 0.553. The largest absolute Gasteiger partial charge is 0.508 e. The predicted molar refractivity (Wildman–Crippen MR) is 110 cm³/mol. The summed E-state index contributed by atoms with van der Waals surface area (Å²) < 4.78 is 12.9. The first-order chi connectivity index (χ1) is 13.1. The van der Waals surface area contributed by atoms with Gasteiger partial charge in [-0.05, 0) is 50.2 Å². The monoisotopic (exact) mass is 374 g/mol. The Balaban J connectivity index is 1.68. The van der Waals surface area contributed by atoms with Crippen LogP contribution in [-0.2, 0) is 22.7 Å². The highest BCUT2D eigenvalue weighted by Gasteiger charge is 2.33. The number of aromatic hydroxyl groups is 1. The molecule has 0 spiro atoms. The second-order valence-electron chi connectivity index (χ2n) is 8.69. The summed E-state index contributed by atoms with van der Waals surface area (Å²) >= 11 is 0. The topological polar surface area (TPSA) is 38.7 Å². The first-order valence-electron chi connectivity index (χ1n) is 11.2. The normalized spacial score (nSPS) is 21.9. The molecule has 2 aliphatic carbocycles. The number of hydrogen-bond donors (Lipinski definition) is 1. The van der Waals surface area contributed by atoms with Gasteiger partial charge < -0.3 is 14.6 Å². The van der Waals surface area contributed by atoms with Crippen LogP contribution in [0.4, 0.5) is 0 Å². The molecule has 2 saturated carbocycles. The highest BCUT2D eigenvalue weighted by atomic mass is 16.5. The Morgan fingerprint density at radius 1 is 0.778 bits per heavy atom. The number of ether oxygens (including phenoxy) is 2. The molecule has 0 radical (unpaired) electrons. The average molecular weight is 375 g/mol. The molecule has 3 heteroatoms. The van der Waals surface area contributed by atoms with Gasteiger partial charge in [-0.1, -0.05) is 64.5 Å². The van der Waals surface area contributed by atoms with Crippen LogP contribution in [0, 0.1) is 0 Å². The van der Waals surface area contributed by atoms with Crippen LogP contribution in [0.5, 0.6) is 5.75 Å². The minimum atomic E-state index is -0.00727. The molecular formula is C24H38O3. The van der Waals surface area contributed by atoms with Crippen LogP contribution in [-0.4, -0.2) is 16.3 Å². The summed E-state index contributed by atoms with van der Waals surface area (Å²) in [6.45, 7) is 5.53. The Kier molecular flexibility index (Phi) is 7.22. The molecule has 3 nitrogen and oxygen atoms in total. The first-order valence-corrected chi connectivity index (χ1v) is 11.2. The Bertz CT molecular complexity index is 583. The fourth-order valence-corrected chi connectivity index (χ4v) is 4.97. The molecule has 2 fully saturated rings. The minimum Gasteiger partial charge on any atom is -0.508 e. The smallest absolute Gasteiger partial charge is 0.121 e. The second kappa shape index (κ2) is 9.43. The zero-order valence-corrected chi connectivity index (χ0v) is 17.4. The molecule has 1 aromatic rings. The number of phenolic OH excluding ortho intramolecular Hbond substituents is 1. The van der Waals surface area contributed by atoms with E-state index in [1.807, 2.05) is 6.07 Å². The molecule has 0 aromatic heterocycles. The highest BCUT2D eigenvalue weighted by Crippen LogP contribution is 2.38. The van der Waals surface area contributed by atoms with Crippen molar-refractivity contribution in [1.82, 2.24) is 0 Å². The number of rotatable bonds is 8. The molecule has 152 valence electrons. The van der Waals surface area contributed by atoms with Crippen LogP contribution in [0.15, 0.2) is 18.2 Å². The molecular weight excluding hydrogens is 336 g/mol. The van der Waals surface area contributed by atoms with Gasteiger partial charge >= 0.3 is 0 Å². The van der Waals surface area contributed by atoms with E-state index in [4.69, 9.17) is 9.47 Å². The van der Waals surface area contributed by atoms with Crippen molar-refractivity contribution in [3.8, 4) is 5.75 Å². The molecule has 2 aliphatic rings. The van der Waals surface area contributed by atoms with Gasteiger partial charge in [0.15, 0.2) is 0 Å². The average Bonchev–Trinajstić information content (AvgIpc) is 2.73. The van der Waals surface area contributed by atoms with E-state index in [1.54, 1.807) is 6.07 Å². The number of benzene rings is 1. The Hall–Kier alpha value is -1.06. The van der Waals surface area contributed by atoms with Gasteiger partial charge in [-0.2, -0.15) is 0 Å². The van der Waals surface area contributed by atoms with Crippen molar-refractivity contribution in [3.05, 3.63) is 29.3 Å². The molecule has 0 heterocycles. The molecule has 0 saturated heterocycles. The van der Waals surface area contributed by atoms with Crippen molar-refractivity contribution in [3.63, 3.8) is 0 Å². The van der Waals surface area contributed by atoms with Gasteiger partial charge in [0.1, 0.15) is 5.75 Å². The Morgan fingerprint density at radius 2 is 1.30 bits per heavy atom. The molecule has 1 N–H and O–H groups in total. The van der Waals surface area contributed by atoms with Gasteiger partial charge in [-0.25, -0.2) is 0 Å². The molecule has 0 amide bonds. The van der Waals surface area contributed by atoms with Crippen molar-refractivity contribution < 1.29 is 14.6 Å². The maximum absolute atomic E-state index is 10.5. The van der Waals surface area contributed by atoms with Crippen LogP contribution in [0.25, 0.3) is 0 Å². The third-order valence-electron chi connectivity index (χ3n) is 7.12. The van der Waals surface area contributed by atoms with Gasteiger partial charge in [0.2, 0.25) is 0 Å². The van der Waals surface area contributed by atoms with Crippen molar-refractivity contribution in [2.75, 3.05) is 0 Å². The summed E-state index contributed by atoms with van der Waals surface area (Å²) in [4.78, 5) is 0. The third kappa shape index (κ3) is 5.06. The highest BCUT2D eigenvalue weighted by molar-refractivity contribution is 5.38. The maximum Gasteiger partial charge on any atom is 0.121 e. The summed E-state index contributed by atoms with van der Waals surface area (Å²) in [5.41, 5.74) is 2.01. The van der Waals surface area contributed by atoms with Gasteiger partial charge in [-0.3, -0.25) is 0 Å². The van der Waals surface area contributed by atoms with E-state index >= 15 is 0 Å². The first kappa shape index (κ1) is 20.7. The van der Waals surface area contributed by atoms with Crippen LogP contribution in [0.1, 0.15) is 102 Å². The molecule has 0 atom stereocenters. The third-order valence-corrected chi connectivity index (χ3v) is 7.12. The van der Waals surface area contributed by atoms with E-state index in [-0.39, 0.29) is 11.2 Å². The van der Waals surface area contributed by atoms with Crippen LogP contribution in [0.2, 0.25) is 0 Å². The van der Waals surface area contributed by atoms with Gasteiger partial charge in [0.25, 0.3) is 0 Å². The molecule has 0 unspecified atom stereocenters. The van der Waals surface area contributed by atoms with Crippen LogP contribution >= 0.6 is 0 Å². The van der Waals surface area contributed by atoms with E-state index in [1.165, 1.54) is 38.5 Å². The van der Waals surface area contributed by atoms with E-state index in [0.717, 1.165) is 49.7 Å². The SMILES string of the molecule is CCC1(OCc2cccc(O)c2COC2(CC)CCCCC2)CCCCC1. The van der Waals surface area contributed by atoms with E-state index < -0.39 is 0 Å². The molecule has 27 heavy (non-hydrogen) atoms. The molecule has 0 aliphatic heterocycles. The maximum atomic E-state index is 10.5. The van der Waals surface area contributed by atoms with Gasteiger partial charge in [0.05, 0.1) is 24.4 Å². The van der Waals surface area contributed by atoms with Crippen molar-refractivity contribution in [2.45, 2.75) is 115 Å². The summed E-state index contributed by atoms with van der Waals surface area (Å²) in [5.74, 6) is 0.340. The number of phenols is 1. The zero-order valence-electron chi connectivity index (χ0n) is 17.4. The molecule has 3 rings (SSSR count). The minimum absolute atomic E-state index is 0.00727. The van der Waals surface area contributed by atoms with Gasteiger partial charge in [0, 0.05) is 5.56 Å². The lowest BCUT2D eigenvalue weighted by atomic mass is 9.82. The summed E-state index contributed by atoms with van der Waals surface area (Å²) in [6, 6.07) is 5.79. The fourth-order valence-electron chi connectivity index (χ4n) is 4.97. The summed E-state index contributed by atoms with van der Waals surface area (Å²) in [6.07, 6.45) is 14.4.